The maximum absolute atomic E-state index is 12.2. The van der Waals surface area contributed by atoms with E-state index in [1.165, 1.54) is 11.3 Å². The Labute approximate surface area is 120 Å². The van der Waals surface area contributed by atoms with Crippen LogP contribution in [0.4, 0.5) is 11.4 Å². The highest BCUT2D eigenvalue weighted by Crippen LogP contribution is 2.26. The van der Waals surface area contributed by atoms with Crippen molar-refractivity contribution in [2.24, 2.45) is 0 Å². The van der Waals surface area contributed by atoms with Crippen LogP contribution in [-0.4, -0.2) is 10.9 Å². The van der Waals surface area contributed by atoms with Crippen LogP contribution < -0.4 is 11.1 Å². The summed E-state index contributed by atoms with van der Waals surface area (Å²) in [5.41, 5.74) is 8.04. The van der Waals surface area contributed by atoms with Crippen molar-refractivity contribution >= 4 is 39.5 Å². The number of thiophene rings is 1. The molecule has 0 aliphatic carbocycles. The third kappa shape index (κ3) is 2.23. The summed E-state index contributed by atoms with van der Waals surface area (Å²) in [5, 5.41) is 3.84. The number of nitrogens with two attached hydrogens (primary N) is 1. The van der Waals surface area contributed by atoms with Gasteiger partial charge in [-0.25, -0.2) is 0 Å². The maximum Gasteiger partial charge on any atom is 0.265 e. The van der Waals surface area contributed by atoms with Gasteiger partial charge in [-0.1, -0.05) is 6.07 Å². The molecule has 1 amide bonds. The number of hydrogen-bond donors (Lipinski definition) is 2. The Morgan fingerprint density at radius 2 is 2.15 bits per heavy atom. The number of anilines is 2. The summed E-state index contributed by atoms with van der Waals surface area (Å²) in [7, 11) is 0. The fourth-order valence-electron chi connectivity index (χ4n) is 2.00. The van der Waals surface area contributed by atoms with Gasteiger partial charge in [-0.15, -0.1) is 11.3 Å². The molecular formula is C15H13N3OS. The number of rotatable bonds is 2. The van der Waals surface area contributed by atoms with E-state index in [1.54, 1.807) is 12.3 Å². The lowest BCUT2D eigenvalue weighted by atomic mass is 10.2. The molecule has 3 rings (SSSR count). The van der Waals surface area contributed by atoms with Gasteiger partial charge in [0.25, 0.3) is 5.91 Å². The molecule has 3 N–H and O–H groups in total. The molecule has 0 saturated heterocycles. The highest BCUT2D eigenvalue weighted by Gasteiger charge is 2.12. The van der Waals surface area contributed by atoms with Gasteiger partial charge in [-0.05, 0) is 37.3 Å². The highest BCUT2D eigenvalue weighted by atomic mass is 32.1. The molecule has 0 radical (unpaired) electrons. The number of nitrogen functional groups attached to an aromatic ring is 1. The maximum atomic E-state index is 12.2. The van der Waals surface area contributed by atoms with Gasteiger partial charge in [0.15, 0.2) is 0 Å². The van der Waals surface area contributed by atoms with Crippen molar-refractivity contribution in [1.29, 1.82) is 0 Å². The second-order valence-corrected chi connectivity index (χ2v) is 5.71. The van der Waals surface area contributed by atoms with Crippen molar-refractivity contribution in [3.63, 3.8) is 0 Å². The molecule has 2 heterocycles. The average Bonchev–Trinajstić information content (AvgIpc) is 2.79. The molecule has 5 heteroatoms. The van der Waals surface area contributed by atoms with Gasteiger partial charge in [-0.2, -0.15) is 0 Å². The Hall–Kier alpha value is -2.40. The number of carbonyl (C=O) groups excluding carboxylic acids is 1. The molecule has 0 saturated carbocycles. The van der Waals surface area contributed by atoms with Gasteiger partial charge >= 0.3 is 0 Å². The highest BCUT2D eigenvalue weighted by molar-refractivity contribution is 7.14. The molecular weight excluding hydrogens is 270 g/mol. The van der Waals surface area contributed by atoms with Crippen LogP contribution in [0.25, 0.3) is 10.9 Å². The molecule has 100 valence electrons. The Kier molecular flexibility index (Phi) is 3.12. The average molecular weight is 283 g/mol. The van der Waals surface area contributed by atoms with Gasteiger partial charge in [0.2, 0.25) is 0 Å². The summed E-state index contributed by atoms with van der Waals surface area (Å²) in [5.74, 6) is -0.147. The molecule has 4 nitrogen and oxygen atoms in total. The molecule has 0 aliphatic heterocycles. The zero-order valence-electron chi connectivity index (χ0n) is 10.9. The number of aryl methyl sites for hydroxylation is 1. The predicted octanol–water partition coefficient (Wildman–Crippen LogP) is 3.44. The fourth-order valence-corrected chi connectivity index (χ4v) is 2.84. The lowest BCUT2D eigenvalue weighted by molar-refractivity contribution is 0.103. The normalized spacial score (nSPS) is 10.7. The molecule has 1 aromatic carbocycles. The lowest BCUT2D eigenvalue weighted by Gasteiger charge is -2.07. The molecule has 0 aliphatic rings. The minimum absolute atomic E-state index is 0.147. The molecule has 0 atom stereocenters. The first-order valence-electron chi connectivity index (χ1n) is 6.16. The Morgan fingerprint density at radius 3 is 2.90 bits per heavy atom. The number of nitrogens with one attached hydrogen (secondary N) is 1. The second-order valence-electron chi connectivity index (χ2n) is 4.45. The standard InChI is InChI=1S/C15H13N3OS/c1-9-11(16)8-14(20-9)15(19)18-13-6-2-5-12-10(13)4-3-7-17-12/h2-8H,16H2,1H3,(H,18,19). The van der Waals surface area contributed by atoms with Gasteiger partial charge < -0.3 is 11.1 Å². The molecule has 2 aromatic heterocycles. The number of amides is 1. The van der Waals surface area contributed by atoms with Crippen LogP contribution in [0.1, 0.15) is 14.5 Å². The zero-order valence-corrected chi connectivity index (χ0v) is 11.7. The van der Waals surface area contributed by atoms with E-state index in [0.717, 1.165) is 21.5 Å². The molecule has 3 aromatic rings. The Balaban J connectivity index is 1.95. The summed E-state index contributed by atoms with van der Waals surface area (Å²) >= 11 is 1.39. The number of hydrogen-bond acceptors (Lipinski definition) is 4. The minimum Gasteiger partial charge on any atom is -0.398 e. The third-order valence-electron chi connectivity index (χ3n) is 3.07. The zero-order chi connectivity index (χ0) is 14.1. The van der Waals surface area contributed by atoms with Crippen LogP contribution in [0.5, 0.6) is 0 Å². The monoisotopic (exact) mass is 283 g/mol. The van der Waals surface area contributed by atoms with E-state index in [2.05, 4.69) is 10.3 Å². The molecule has 0 spiro atoms. The summed E-state index contributed by atoms with van der Waals surface area (Å²) < 4.78 is 0. The van der Waals surface area contributed by atoms with Crippen LogP contribution in [0, 0.1) is 6.92 Å². The topological polar surface area (TPSA) is 68.0 Å². The largest absolute Gasteiger partial charge is 0.398 e. The van der Waals surface area contributed by atoms with Crippen LogP contribution >= 0.6 is 11.3 Å². The summed E-state index contributed by atoms with van der Waals surface area (Å²) in [6.45, 7) is 1.90. The van der Waals surface area contributed by atoms with Gasteiger partial charge in [0.1, 0.15) is 0 Å². The summed E-state index contributed by atoms with van der Waals surface area (Å²) in [6.07, 6.45) is 1.73. The molecule has 0 bridgehead atoms. The van der Waals surface area contributed by atoms with Crippen molar-refractivity contribution in [3.05, 3.63) is 52.3 Å². The first-order chi connectivity index (χ1) is 9.65. The van der Waals surface area contributed by atoms with E-state index >= 15 is 0 Å². The SMILES string of the molecule is Cc1sc(C(=O)Nc2cccc3ncccc23)cc1N. The number of pyridine rings is 1. The van der Waals surface area contributed by atoms with Gasteiger partial charge in [-0.3, -0.25) is 9.78 Å². The predicted molar refractivity (Wildman–Crippen MR) is 83.2 cm³/mol. The van der Waals surface area contributed by atoms with E-state index in [9.17, 15) is 4.79 Å². The van der Waals surface area contributed by atoms with E-state index in [0.29, 0.717) is 10.6 Å². The van der Waals surface area contributed by atoms with Gasteiger partial charge in [0.05, 0.1) is 16.1 Å². The van der Waals surface area contributed by atoms with Crippen LogP contribution in [-0.2, 0) is 0 Å². The summed E-state index contributed by atoms with van der Waals surface area (Å²) in [6, 6.07) is 11.2. The van der Waals surface area contributed by atoms with Gasteiger partial charge in [0, 0.05) is 22.1 Å². The minimum atomic E-state index is -0.147. The van der Waals surface area contributed by atoms with Crippen molar-refractivity contribution in [1.82, 2.24) is 4.98 Å². The van der Waals surface area contributed by atoms with Crippen LogP contribution in [0.3, 0.4) is 0 Å². The number of fused-ring (bicyclic) bond motifs is 1. The van der Waals surface area contributed by atoms with Crippen LogP contribution in [0.2, 0.25) is 0 Å². The summed E-state index contributed by atoms with van der Waals surface area (Å²) in [4.78, 5) is 18.1. The van der Waals surface area contributed by atoms with Crippen molar-refractivity contribution in [2.75, 3.05) is 11.1 Å². The molecule has 20 heavy (non-hydrogen) atoms. The third-order valence-corrected chi connectivity index (χ3v) is 4.14. The Morgan fingerprint density at radius 1 is 1.30 bits per heavy atom. The van der Waals surface area contributed by atoms with Crippen molar-refractivity contribution in [3.8, 4) is 0 Å². The number of carbonyl (C=O) groups is 1. The molecule has 0 unspecified atom stereocenters. The van der Waals surface area contributed by atoms with E-state index in [4.69, 9.17) is 5.73 Å². The number of nitrogens with zero attached hydrogens (tertiary/aromatic N) is 1. The van der Waals surface area contributed by atoms with E-state index in [1.807, 2.05) is 37.3 Å². The first-order valence-corrected chi connectivity index (χ1v) is 6.98. The van der Waals surface area contributed by atoms with E-state index < -0.39 is 0 Å². The lowest BCUT2D eigenvalue weighted by Crippen LogP contribution is -2.10. The fraction of sp³-hybridized carbons (Fsp3) is 0.0667. The van der Waals surface area contributed by atoms with Crippen molar-refractivity contribution in [2.45, 2.75) is 6.92 Å². The quantitative estimate of drug-likeness (QED) is 0.757. The molecule has 0 fully saturated rings. The Bertz CT molecular complexity index is 770. The number of benzene rings is 1. The first kappa shape index (κ1) is 12.6. The van der Waals surface area contributed by atoms with Crippen LogP contribution in [0.15, 0.2) is 42.6 Å². The smallest absolute Gasteiger partial charge is 0.265 e. The van der Waals surface area contributed by atoms with Crippen molar-refractivity contribution < 1.29 is 4.79 Å². The number of aromatic nitrogens is 1. The van der Waals surface area contributed by atoms with E-state index in [-0.39, 0.29) is 5.91 Å². The second kappa shape index (κ2) is 4.94.